The molecule has 1 spiro atoms. The zero-order valence-corrected chi connectivity index (χ0v) is 14.7. The minimum atomic E-state index is 0.166. The number of carbonyl (C=O) groups excluding carboxylic acids is 1. The van der Waals surface area contributed by atoms with Crippen molar-refractivity contribution in [3.8, 4) is 9.88 Å². The maximum absolute atomic E-state index is 12.9. The molecule has 1 aliphatic carbocycles. The average molecular weight is 345 g/mol. The minimum absolute atomic E-state index is 0.166. The van der Waals surface area contributed by atoms with Crippen LogP contribution in [-0.4, -0.2) is 28.9 Å². The van der Waals surface area contributed by atoms with Crippen LogP contribution in [0.1, 0.15) is 41.8 Å². The summed E-state index contributed by atoms with van der Waals surface area (Å²) in [5, 5.41) is 3.00. The van der Waals surface area contributed by atoms with Crippen molar-refractivity contribution in [2.75, 3.05) is 13.1 Å². The minimum Gasteiger partial charge on any atom is -0.337 e. The Labute approximate surface area is 144 Å². The molecule has 0 N–H and O–H groups in total. The van der Waals surface area contributed by atoms with Gasteiger partial charge in [0.05, 0.1) is 11.1 Å². The number of likely N-dealkylation sites (tertiary alicyclic amines) is 1. The number of thiazole rings is 1. The van der Waals surface area contributed by atoms with Crippen molar-refractivity contribution in [3.05, 3.63) is 40.7 Å². The summed E-state index contributed by atoms with van der Waals surface area (Å²) in [6.07, 6.45) is 12.2. The lowest BCUT2D eigenvalue weighted by atomic mass is 9.71. The van der Waals surface area contributed by atoms with E-state index < -0.39 is 0 Å². The molecule has 1 fully saturated rings. The van der Waals surface area contributed by atoms with E-state index in [1.54, 1.807) is 17.5 Å². The molecule has 2 aromatic heterocycles. The monoisotopic (exact) mass is 344 g/mol. The average Bonchev–Trinajstić information content (AvgIpc) is 3.26. The number of aromatic nitrogens is 1. The SMILES string of the molecule is O=C(c1cnc(-c2cccs2)s1)N1CCCC2(CC=CCC2)C1. The summed E-state index contributed by atoms with van der Waals surface area (Å²) in [5.74, 6) is 0.166. The van der Waals surface area contributed by atoms with Crippen LogP contribution in [-0.2, 0) is 0 Å². The van der Waals surface area contributed by atoms with Crippen LogP contribution in [0.3, 0.4) is 0 Å². The van der Waals surface area contributed by atoms with Crippen molar-refractivity contribution in [1.82, 2.24) is 9.88 Å². The molecular weight excluding hydrogens is 324 g/mol. The zero-order valence-electron chi connectivity index (χ0n) is 13.0. The summed E-state index contributed by atoms with van der Waals surface area (Å²) in [5.41, 5.74) is 0.323. The number of amides is 1. The summed E-state index contributed by atoms with van der Waals surface area (Å²) in [4.78, 5) is 21.3. The first-order chi connectivity index (χ1) is 11.3. The van der Waals surface area contributed by atoms with Crippen LogP contribution in [0.5, 0.6) is 0 Å². The van der Waals surface area contributed by atoms with Crippen molar-refractivity contribution in [2.45, 2.75) is 32.1 Å². The third kappa shape index (κ3) is 3.00. The van der Waals surface area contributed by atoms with Crippen molar-refractivity contribution >= 4 is 28.6 Å². The molecule has 5 heteroatoms. The predicted octanol–water partition coefficient (Wildman–Crippen LogP) is 4.83. The van der Waals surface area contributed by atoms with E-state index in [2.05, 4.69) is 28.1 Å². The van der Waals surface area contributed by atoms with Gasteiger partial charge < -0.3 is 4.90 Å². The number of rotatable bonds is 2. The molecule has 2 aromatic rings. The van der Waals surface area contributed by atoms with Gasteiger partial charge in [0.1, 0.15) is 9.88 Å². The molecule has 0 radical (unpaired) electrons. The van der Waals surface area contributed by atoms with Crippen LogP contribution in [0.4, 0.5) is 0 Å². The molecule has 1 atom stereocenters. The molecule has 120 valence electrons. The maximum atomic E-state index is 12.9. The molecule has 0 aromatic carbocycles. The lowest BCUT2D eigenvalue weighted by Crippen LogP contribution is -2.46. The molecule has 0 bridgehead atoms. The van der Waals surface area contributed by atoms with Gasteiger partial charge in [-0.15, -0.1) is 22.7 Å². The maximum Gasteiger partial charge on any atom is 0.265 e. The van der Waals surface area contributed by atoms with Gasteiger partial charge in [-0.25, -0.2) is 4.98 Å². The zero-order chi connectivity index (χ0) is 15.7. The topological polar surface area (TPSA) is 33.2 Å². The number of thiophene rings is 1. The van der Waals surface area contributed by atoms with Crippen LogP contribution >= 0.6 is 22.7 Å². The fraction of sp³-hybridized carbons (Fsp3) is 0.444. The van der Waals surface area contributed by atoms with Gasteiger partial charge in [0.25, 0.3) is 5.91 Å². The second-order valence-electron chi connectivity index (χ2n) is 6.55. The first-order valence-electron chi connectivity index (χ1n) is 8.20. The third-order valence-corrected chi connectivity index (χ3v) is 6.98. The number of carbonyl (C=O) groups is 1. The predicted molar refractivity (Wildman–Crippen MR) is 96.0 cm³/mol. The molecule has 2 aliphatic rings. The first kappa shape index (κ1) is 15.1. The van der Waals surface area contributed by atoms with Gasteiger partial charge in [0, 0.05) is 13.1 Å². The number of hydrogen-bond donors (Lipinski definition) is 0. The van der Waals surface area contributed by atoms with Crippen molar-refractivity contribution in [2.24, 2.45) is 5.41 Å². The van der Waals surface area contributed by atoms with Crippen molar-refractivity contribution in [3.63, 3.8) is 0 Å². The summed E-state index contributed by atoms with van der Waals surface area (Å²) < 4.78 is 0. The summed E-state index contributed by atoms with van der Waals surface area (Å²) in [7, 11) is 0. The molecule has 1 saturated heterocycles. The number of hydrogen-bond acceptors (Lipinski definition) is 4. The van der Waals surface area contributed by atoms with E-state index in [4.69, 9.17) is 0 Å². The van der Waals surface area contributed by atoms with E-state index in [9.17, 15) is 4.79 Å². The van der Waals surface area contributed by atoms with Gasteiger partial charge in [-0.2, -0.15) is 0 Å². The fourth-order valence-corrected chi connectivity index (χ4v) is 5.43. The van der Waals surface area contributed by atoms with E-state index in [-0.39, 0.29) is 5.91 Å². The number of piperidine rings is 1. The largest absolute Gasteiger partial charge is 0.337 e. The van der Waals surface area contributed by atoms with Crippen LogP contribution < -0.4 is 0 Å². The molecule has 3 nitrogen and oxygen atoms in total. The Kier molecular flexibility index (Phi) is 4.07. The second kappa shape index (κ2) is 6.21. The van der Waals surface area contributed by atoms with Crippen LogP contribution in [0.25, 0.3) is 9.88 Å². The van der Waals surface area contributed by atoms with Gasteiger partial charge in [0.15, 0.2) is 0 Å². The van der Waals surface area contributed by atoms with Crippen LogP contribution in [0.2, 0.25) is 0 Å². The molecule has 1 unspecified atom stereocenters. The van der Waals surface area contributed by atoms with E-state index in [1.165, 1.54) is 24.2 Å². The standard InChI is InChI=1S/C18H20N2OS2/c21-17(15-12-19-16(23-15)14-6-4-11-22-14)20-10-5-9-18(13-20)7-2-1-3-8-18/h1-2,4,6,11-12H,3,5,7-10,13H2. The van der Waals surface area contributed by atoms with E-state index in [1.807, 2.05) is 11.4 Å². The van der Waals surface area contributed by atoms with Crippen molar-refractivity contribution in [1.29, 1.82) is 0 Å². The Bertz CT molecular complexity index is 719. The summed E-state index contributed by atoms with van der Waals surface area (Å²) in [6, 6.07) is 4.08. The molecule has 4 rings (SSSR count). The quantitative estimate of drug-likeness (QED) is 0.731. The Hall–Kier alpha value is -1.46. The smallest absolute Gasteiger partial charge is 0.265 e. The normalized spacial score (nSPS) is 24.3. The lowest BCUT2D eigenvalue weighted by Gasteiger charge is -2.43. The molecular formula is C18H20N2OS2. The Morgan fingerprint density at radius 1 is 1.30 bits per heavy atom. The van der Waals surface area contributed by atoms with E-state index in [0.29, 0.717) is 5.41 Å². The van der Waals surface area contributed by atoms with Gasteiger partial charge in [-0.1, -0.05) is 18.2 Å². The van der Waals surface area contributed by atoms with Crippen LogP contribution in [0, 0.1) is 5.41 Å². The highest BCUT2D eigenvalue weighted by molar-refractivity contribution is 7.21. The van der Waals surface area contributed by atoms with Crippen LogP contribution in [0.15, 0.2) is 35.9 Å². The van der Waals surface area contributed by atoms with Gasteiger partial charge in [-0.3, -0.25) is 4.79 Å². The molecule has 1 aliphatic heterocycles. The second-order valence-corrected chi connectivity index (χ2v) is 8.53. The van der Waals surface area contributed by atoms with Gasteiger partial charge in [-0.05, 0) is 49.0 Å². The fourth-order valence-electron chi connectivity index (χ4n) is 3.74. The Morgan fingerprint density at radius 3 is 3.04 bits per heavy atom. The third-order valence-electron chi connectivity index (χ3n) is 4.96. The van der Waals surface area contributed by atoms with Crippen molar-refractivity contribution < 1.29 is 4.79 Å². The molecule has 1 amide bonds. The first-order valence-corrected chi connectivity index (χ1v) is 9.89. The molecule has 3 heterocycles. The number of allylic oxidation sites excluding steroid dienone is 2. The highest BCUT2D eigenvalue weighted by atomic mass is 32.1. The number of nitrogens with zero attached hydrogens (tertiary/aromatic N) is 2. The highest BCUT2D eigenvalue weighted by Gasteiger charge is 2.37. The Balaban J connectivity index is 1.51. The van der Waals surface area contributed by atoms with E-state index in [0.717, 1.165) is 47.1 Å². The highest BCUT2D eigenvalue weighted by Crippen LogP contribution is 2.41. The van der Waals surface area contributed by atoms with Gasteiger partial charge in [0.2, 0.25) is 0 Å². The van der Waals surface area contributed by atoms with Gasteiger partial charge >= 0.3 is 0 Å². The Morgan fingerprint density at radius 2 is 2.26 bits per heavy atom. The molecule has 23 heavy (non-hydrogen) atoms. The van der Waals surface area contributed by atoms with E-state index >= 15 is 0 Å². The summed E-state index contributed by atoms with van der Waals surface area (Å²) in [6.45, 7) is 1.79. The summed E-state index contributed by atoms with van der Waals surface area (Å²) >= 11 is 3.19. The lowest BCUT2D eigenvalue weighted by molar-refractivity contribution is 0.0488. The molecule has 0 saturated carbocycles.